The molecule has 0 saturated carbocycles. The van der Waals surface area contributed by atoms with Crippen LogP contribution < -0.4 is 15.0 Å². The molecule has 0 bridgehead atoms. The summed E-state index contributed by atoms with van der Waals surface area (Å²) in [5.41, 5.74) is 2.92. The molecule has 158 valence electrons. The first-order valence-electron chi connectivity index (χ1n) is 9.89. The molecule has 7 heteroatoms. The van der Waals surface area contributed by atoms with Crippen molar-refractivity contribution in [3.63, 3.8) is 0 Å². The largest absolute Gasteiger partial charge is 0.497 e. The van der Waals surface area contributed by atoms with E-state index in [0.29, 0.717) is 13.0 Å². The van der Waals surface area contributed by atoms with Gasteiger partial charge in [-0.05, 0) is 43.2 Å². The first-order chi connectivity index (χ1) is 14.5. The minimum absolute atomic E-state index is 0.0891. The maximum absolute atomic E-state index is 12.3. The lowest BCUT2D eigenvalue weighted by atomic mass is 10.1. The molecule has 1 saturated heterocycles. The minimum atomic E-state index is -0.564. The molecule has 7 nitrogen and oxygen atoms in total. The van der Waals surface area contributed by atoms with Crippen molar-refractivity contribution in [3.05, 3.63) is 59.7 Å². The Morgan fingerprint density at radius 1 is 1.10 bits per heavy atom. The Bertz CT molecular complexity index is 893. The highest BCUT2D eigenvalue weighted by molar-refractivity contribution is 5.99. The summed E-state index contributed by atoms with van der Waals surface area (Å²) in [6.45, 7) is 2.32. The Balaban J connectivity index is 1.39. The molecule has 1 aliphatic rings. The van der Waals surface area contributed by atoms with Gasteiger partial charge in [-0.15, -0.1) is 0 Å². The van der Waals surface area contributed by atoms with Crippen molar-refractivity contribution in [2.45, 2.75) is 19.8 Å². The number of hydrogen-bond donors (Lipinski definition) is 1. The predicted octanol–water partition coefficient (Wildman–Crippen LogP) is 2.26. The van der Waals surface area contributed by atoms with E-state index in [0.717, 1.165) is 22.6 Å². The zero-order valence-corrected chi connectivity index (χ0v) is 17.2. The molecule has 2 aromatic carbocycles. The van der Waals surface area contributed by atoms with Gasteiger partial charge in [0.05, 0.1) is 13.0 Å². The lowest BCUT2D eigenvalue weighted by molar-refractivity contribution is -0.152. The molecule has 1 heterocycles. The van der Waals surface area contributed by atoms with Crippen LogP contribution in [0.3, 0.4) is 0 Å². The molecular weight excluding hydrogens is 384 g/mol. The van der Waals surface area contributed by atoms with E-state index in [9.17, 15) is 14.4 Å². The van der Waals surface area contributed by atoms with Crippen LogP contribution >= 0.6 is 0 Å². The highest BCUT2D eigenvalue weighted by Gasteiger charge is 2.36. The lowest BCUT2D eigenvalue weighted by Gasteiger charge is -2.16. The van der Waals surface area contributed by atoms with Crippen molar-refractivity contribution in [2.75, 3.05) is 31.7 Å². The van der Waals surface area contributed by atoms with Gasteiger partial charge in [-0.1, -0.05) is 29.8 Å². The van der Waals surface area contributed by atoms with Crippen LogP contribution in [0.2, 0.25) is 0 Å². The zero-order chi connectivity index (χ0) is 21.5. The topological polar surface area (TPSA) is 84.9 Å². The van der Waals surface area contributed by atoms with Crippen LogP contribution in [0.4, 0.5) is 5.69 Å². The molecule has 3 rings (SSSR count). The number of nitrogens with one attached hydrogen (secondary N) is 1. The van der Waals surface area contributed by atoms with Gasteiger partial charge in [-0.2, -0.15) is 0 Å². The molecule has 0 unspecified atom stereocenters. The van der Waals surface area contributed by atoms with Gasteiger partial charge in [0.2, 0.25) is 5.91 Å². The molecule has 0 aromatic heterocycles. The number of methoxy groups -OCH3 is 1. The van der Waals surface area contributed by atoms with Crippen LogP contribution in [0.5, 0.6) is 5.75 Å². The number of esters is 1. The van der Waals surface area contributed by atoms with Crippen molar-refractivity contribution >= 4 is 23.5 Å². The molecular formula is C23H26N2O5. The van der Waals surface area contributed by atoms with Gasteiger partial charge in [0.25, 0.3) is 5.91 Å². The number of ether oxygens (including phenoxy) is 2. The normalized spacial score (nSPS) is 15.7. The fraction of sp³-hybridized carbons (Fsp3) is 0.348. The van der Waals surface area contributed by atoms with Crippen LogP contribution in [0.1, 0.15) is 17.5 Å². The van der Waals surface area contributed by atoms with E-state index in [2.05, 4.69) is 5.32 Å². The van der Waals surface area contributed by atoms with Gasteiger partial charge in [0, 0.05) is 25.2 Å². The first kappa shape index (κ1) is 21.4. The number of carbonyl (C=O) groups excluding carboxylic acids is 3. The standard InChI is InChI=1S/C23H26N2O5/c1-16-3-7-19(8-4-16)25-14-18(13-22(25)27)23(28)30-15-21(26)24-12-11-17-5-9-20(29-2)10-6-17/h3-10,18H,11-15H2,1-2H3,(H,24,26)/t18-/m0/s1. The fourth-order valence-electron chi connectivity index (χ4n) is 3.28. The van der Waals surface area contributed by atoms with Crippen LogP contribution in [0.15, 0.2) is 48.5 Å². The quantitative estimate of drug-likeness (QED) is 0.675. The number of aryl methyl sites for hydroxylation is 1. The van der Waals surface area contributed by atoms with E-state index in [1.165, 1.54) is 0 Å². The number of carbonyl (C=O) groups is 3. The van der Waals surface area contributed by atoms with Gasteiger partial charge in [0.15, 0.2) is 6.61 Å². The monoisotopic (exact) mass is 410 g/mol. The Morgan fingerprint density at radius 3 is 2.47 bits per heavy atom. The maximum atomic E-state index is 12.3. The molecule has 1 fully saturated rings. The van der Waals surface area contributed by atoms with Gasteiger partial charge in [0.1, 0.15) is 5.75 Å². The van der Waals surface area contributed by atoms with Crippen molar-refractivity contribution in [2.24, 2.45) is 5.92 Å². The van der Waals surface area contributed by atoms with E-state index >= 15 is 0 Å². The first-order valence-corrected chi connectivity index (χ1v) is 9.89. The number of amides is 2. The van der Waals surface area contributed by atoms with E-state index in [1.807, 2.05) is 55.5 Å². The zero-order valence-electron chi connectivity index (χ0n) is 17.2. The summed E-state index contributed by atoms with van der Waals surface area (Å²) in [6.07, 6.45) is 0.748. The second-order valence-electron chi connectivity index (χ2n) is 7.30. The summed E-state index contributed by atoms with van der Waals surface area (Å²) in [5, 5.41) is 2.73. The van der Waals surface area contributed by atoms with E-state index in [1.54, 1.807) is 12.0 Å². The van der Waals surface area contributed by atoms with Gasteiger partial charge in [-0.25, -0.2) is 0 Å². The number of rotatable bonds is 8. The summed E-state index contributed by atoms with van der Waals surface area (Å²) >= 11 is 0. The third kappa shape index (κ3) is 5.59. The third-order valence-electron chi connectivity index (χ3n) is 5.04. The van der Waals surface area contributed by atoms with Crippen molar-refractivity contribution < 1.29 is 23.9 Å². The van der Waals surface area contributed by atoms with Crippen LogP contribution in [-0.4, -0.2) is 44.6 Å². The van der Waals surface area contributed by atoms with E-state index in [4.69, 9.17) is 9.47 Å². The Morgan fingerprint density at radius 2 is 1.80 bits per heavy atom. The summed E-state index contributed by atoms with van der Waals surface area (Å²) in [4.78, 5) is 38.1. The van der Waals surface area contributed by atoms with Crippen LogP contribution in [0.25, 0.3) is 0 Å². The van der Waals surface area contributed by atoms with Gasteiger partial charge in [-0.3, -0.25) is 14.4 Å². The van der Waals surface area contributed by atoms with E-state index in [-0.39, 0.29) is 31.4 Å². The number of benzene rings is 2. The average Bonchev–Trinajstić information content (AvgIpc) is 3.15. The second-order valence-corrected chi connectivity index (χ2v) is 7.30. The third-order valence-corrected chi connectivity index (χ3v) is 5.04. The smallest absolute Gasteiger partial charge is 0.311 e. The van der Waals surface area contributed by atoms with Crippen LogP contribution in [0, 0.1) is 12.8 Å². The highest BCUT2D eigenvalue weighted by Crippen LogP contribution is 2.26. The Kier molecular flexibility index (Phi) is 7.06. The molecule has 1 aliphatic heterocycles. The SMILES string of the molecule is COc1ccc(CCNC(=O)COC(=O)[C@H]2CC(=O)N(c3ccc(C)cc3)C2)cc1. The molecule has 2 amide bonds. The number of hydrogen-bond acceptors (Lipinski definition) is 5. The predicted molar refractivity (Wildman–Crippen MR) is 112 cm³/mol. The van der Waals surface area contributed by atoms with Crippen LogP contribution in [-0.2, 0) is 25.5 Å². The van der Waals surface area contributed by atoms with Gasteiger partial charge >= 0.3 is 5.97 Å². The summed E-state index contributed by atoms with van der Waals surface area (Å²) in [7, 11) is 1.61. The van der Waals surface area contributed by atoms with E-state index < -0.39 is 11.9 Å². The molecule has 0 spiro atoms. The highest BCUT2D eigenvalue weighted by atomic mass is 16.5. The lowest BCUT2D eigenvalue weighted by Crippen LogP contribution is -2.32. The molecule has 1 N–H and O–H groups in total. The molecule has 0 radical (unpaired) electrons. The molecule has 0 aliphatic carbocycles. The van der Waals surface area contributed by atoms with Crippen molar-refractivity contribution in [3.8, 4) is 5.75 Å². The average molecular weight is 410 g/mol. The summed E-state index contributed by atoms with van der Waals surface area (Å²) < 4.78 is 10.2. The maximum Gasteiger partial charge on any atom is 0.311 e. The molecule has 1 atom stereocenters. The Hall–Kier alpha value is -3.35. The summed E-state index contributed by atoms with van der Waals surface area (Å²) in [5.74, 6) is -0.795. The molecule has 2 aromatic rings. The molecule has 30 heavy (non-hydrogen) atoms. The number of nitrogens with zero attached hydrogens (tertiary/aromatic N) is 1. The van der Waals surface area contributed by atoms with Crippen molar-refractivity contribution in [1.29, 1.82) is 0 Å². The van der Waals surface area contributed by atoms with Crippen molar-refractivity contribution in [1.82, 2.24) is 5.32 Å². The fourth-order valence-corrected chi connectivity index (χ4v) is 3.28. The van der Waals surface area contributed by atoms with Gasteiger partial charge < -0.3 is 19.7 Å². The number of anilines is 1. The summed E-state index contributed by atoms with van der Waals surface area (Å²) in [6, 6.07) is 15.1. The second kappa shape index (κ2) is 9.91. The minimum Gasteiger partial charge on any atom is -0.497 e. The Labute approximate surface area is 176 Å².